The standard InChI is InChI=1S/C13H26N2O/c1-15(7-8-16-2)6-5-14-13-10-11-3-4-12(13)9-11/h11-14H,3-10H2,1-2H3. The van der Waals surface area contributed by atoms with Crippen LogP contribution in [0.2, 0.25) is 0 Å². The van der Waals surface area contributed by atoms with Gasteiger partial charge in [-0.3, -0.25) is 0 Å². The molecule has 3 atom stereocenters. The second-order valence-electron chi connectivity index (χ2n) is 5.53. The second-order valence-corrected chi connectivity index (χ2v) is 5.53. The maximum atomic E-state index is 5.07. The number of nitrogens with one attached hydrogen (secondary N) is 1. The molecule has 2 aliphatic rings. The summed E-state index contributed by atoms with van der Waals surface area (Å²) in [7, 11) is 3.93. The minimum absolute atomic E-state index is 0.828. The van der Waals surface area contributed by atoms with Gasteiger partial charge in [-0.05, 0) is 38.1 Å². The minimum Gasteiger partial charge on any atom is -0.383 e. The Bertz CT molecular complexity index is 210. The maximum Gasteiger partial charge on any atom is 0.0589 e. The van der Waals surface area contributed by atoms with E-state index in [0.29, 0.717) is 0 Å². The summed E-state index contributed by atoms with van der Waals surface area (Å²) >= 11 is 0. The summed E-state index contributed by atoms with van der Waals surface area (Å²) in [5, 5.41) is 3.74. The summed E-state index contributed by atoms with van der Waals surface area (Å²) < 4.78 is 5.07. The van der Waals surface area contributed by atoms with Gasteiger partial charge in [0.1, 0.15) is 0 Å². The molecule has 2 saturated carbocycles. The highest BCUT2D eigenvalue weighted by Gasteiger charge is 2.38. The van der Waals surface area contributed by atoms with Crippen molar-refractivity contribution in [1.82, 2.24) is 10.2 Å². The Morgan fingerprint density at radius 1 is 1.25 bits per heavy atom. The van der Waals surface area contributed by atoms with Crippen molar-refractivity contribution in [2.45, 2.75) is 31.7 Å². The zero-order chi connectivity index (χ0) is 11.4. The normalized spacial score (nSPS) is 32.8. The first-order valence-corrected chi connectivity index (χ1v) is 6.70. The summed E-state index contributed by atoms with van der Waals surface area (Å²) in [6.07, 6.45) is 5.90. The Hall–Kier alpha value is -0.120. The van der Waals surface area contributed by atoms with E-state index in [1.54, 1.807) is 7.11 Å². The molecule has 0 heterocycles. The highest BCUT2D eigenvalue weighted by atomic mass is 16.5. The van der Waals surface area contributed by atoms with Crippen LogP contribution in [-0.2, 0) is 4.74 Å². The van der Waals surface area contributed by atoms with E-state index in [1.807, 2.05) is 0 Å². The smallest absolute Gasteiger partial charge is 0.0589 e. The van der Waals surface area contributed by atoms with Gasteiger partial charge >= 0.3 is 0 Å². The molecule has 0 amide bonds. The number of ether oxygens (including phenoxy) is 1. The van der Waals surface area contributed by atoms with Crippen molar-refractivity contribution in [3.63, 3.8) is 0 Å². The fraction of sp³-hybridized carbons (Fsp3) is 1.00. The molecule has 3 nitrogen and oxygen atoms in total. The number of fused-ring (bicyclic) bond motifs is 2. The van der Waals surface area contributed by atoms with Crippen LogP contribution in [0, 0.1) is 11.8 Å². The van der Waals surface area contributed by atoms with Gasteiger partial charge in [-0.1, -0.05) is 6.42 Å². The SMILES string of the molecule is COCCN(C)CCNC1CC2CCC1C2. The molecular weight excluding hydrogens is 200 g/mol. The van der Waals surface area contributed by atoms with E-state index in [-0.39, 0.29) is 0 Å². The maximum absolute atomic E-state index is 5.07. The van der Waals surface area contributed by atoms with E-state index in [2.05, 4.69) is 17.3 Å². The Kier molecular flexibility index (Phi) is 4.62. The molecule has 3 unspecified atom stereocenters. The molecule has 0 aromatic rings. The predicted molar refractivity (Wildman–Crippen MR) is 66.6 cm³/mol. The van der Waals surface area contributed by atoms with E-state index in [9.17, 15) is 0 Å². The van der Waals surface area contributed by atoms with Crippen molar-refractivity contribution in [2.24, 2.45) is 11.8 Å². The zero-order valence-corrected chi connectivity index (χ0v) is 10.7. The molecular formula is C13H26N2O. The molecule has 2 fully saturated rings. The molecule has 0 radical (unpaired) electrons. The molecule has 2 aliphatic carbocycles. The van der Waals surface area contributed by atoms with E-state index >= 15 is 0 Å². The molecule has 0 aromatic heterocycles. The second kappa shape index (κ2) is 5.99. The summed E-state index contributed by atoms with van der Waals surface area (Å²) in [6.45, 7) is 4.14. The van der Waals surface area contributed by atoms with Gasteiger partial charge in [0.15, 0.2) is 0 Å². The number of likely N-dealkylation sites (N-methyl/N-ethyl adjacent to an activating group) is 1. The van der Waals surface area contributed by atoms with Gasteiger partial charge in [-0.2, -0.15) is 0 Å². The quantitative estimate of drug-likeness (QED) is 0.709. The van der Waals surface area contributed by atoms with Crippen molar-refractivity contribution in [1.29, 1.82) is 0 Å². The average Bonchev–Trinajstić information content (AvgIpc) is 2.88. The Labute approximate surface area is 99.5 Å². The Morgan fingerprint density at radius 3 is 2.75 bits per heavy atom. The minimum atomic E-state index is 0.828. The van der Waals surface area contributed by atoms with Crippen molar-refractivity contribution in [2.75, 3.05) is 40.4 Å². The molecule has 0 spiro atoms. The van der Waals surface area contributed by atoms with Crippen LogP contribution in [0.5, 0.6) is 0 Å². The molecule has 0 aromatic carbocycles. The van der Waals surface area contributed by atoms with Crippen LogP contribution >= 0.6 is 0 Å². The van der Waals surface area contributed by atoms with Crippen LogP contribution in [0.1, 0.15) is 25.7 Å². The van der Waals surface area contributed by atoms with Crippen molar-refractivity contribution in [3.8, 4) is 0 Å². The van der Waals surface area contributed by atoms with Crippen LogP contribution in [0.4, 0.5) is 0 Å². The number of hydrogen-bond donors (Lipinski definition) is 1. The molecule has 1 N–H and O–H groups in total. The van der Waals surface area contributed by atoms with Crippen LogP contribution in [0.25, 0.3) is 0 Å². The first-order chi connectivity index (χ1) is 7.79. The lowest BCUT2D eigenvalue weighted by Crippen LogP contribution is -2.39. The fourth-order valence-electron chi connectivity index (χ4n) is 3.29. The first kappa shape index (κ1) is 12.3. The lowest BCUT2D eigenvalue weighted by Gasteiger charge is -2.24. The van der Waals surface area contributed by atoms with E-state index < -0.39 is 0 Å². The van der Waals surface area contributed by atoms with Crippen LogP contribution in [0.3, 0.4) is 0 Å². The van der Waals surface area contributed by atoms with Gasteiger partial charge in [-0.15, -0.1) is 0 Å². The summed E-state index contributed by atoms with van der Waals surface area (Å²) in [4.78, 5) is 2.34. The molecule has 0 aliphatic heterocycles. The summed E-state index contributed by atoms with van der Waals surface area (Å²) in [5.74, 6) is 2.04. The topological polar surface area (TPSA) is 24.5 Å². The molecule has 94 valence electrons. The van der Waals surface area contributed by atoms with E-state index in [4.69, 9.17) is 4.74 Å². The monoisotopic (exact) mass is 226 g/mol. The van der Waals surface area contributed by atoms with Crippen molar-refractivity contribution in [3.05, 3.63) is 0 Å². The van der Waals surface area contributed by atoms with Gasteiger partial charge in [0.25, 0.3) is 0 Å². The van der Waals surface area contributed by atoms with Gasteiger partial charge in [0, 0.05) is 32.8 Å². The lowest BCUT2D eigenvalue weighted by molar-refractivity contribution is 0.160. The van der Waals surface area contributed by atoms with E-state index in [0.717, 1.165) is 44.1 Å². The summed E-state index contributed by atoms with van der Waals surface area (Å²) in [5.41, 5.74) is 0. The molecule has 16 heavy (non-hydrogen) atoms. The van der Waals surface area contributed by atoms with Crippen LogP contribution in [0.15, 0.2) is 0 Å². The molecule has 2 rings (SSSR count). The van der Waals surface area contributed by atoms with Gasteiger partial charge in [0.2, 0.25) is 0 Å². The largest absolute Gasteiger partial charge is 0.383 e. The average molecular weight is 226 g/mol. The number of rotatable bonds is 7. The Balaban J connectivity index is 1.54. The Morgan fingerprint density at radius 2 is 2.12 bits per heavy atom. The van der Waals surface area contributed by atoms with E-state index in [1.165, 1.54) is 25.7 Å². The van der Waals surface area contributed by atoms with Crippen LogP contribution < -0.4 is 5.32 Å². The molecule has 2 bridgehead atoms. The van der Waals surface area contributed by atoms with Crippen molar-refractivity contribution >= 4 is 0 Å². The zero-order valence-electron chi connectivity index (χ0n) is 10.7. The van der Waals surface area contributed by atoms with Gasteiger partial charge < -0.3 is 15.0 Å². The highest BCUT2D eigenvalue weighted by molar-refractivity contribution is 4.94. The third kappa shape index (κ3) is 3.19. The fourth-order valence-corrected chi connectivity index (χ4v) is 3.29. The van der Waals surface area contributed by atoms with Gasteiger partial charge in [-0.25, -0.2) is 0 Å². The summed E-state index contributed by atoms with van der Waals surface area (Å²) in [6, 6.07) is 0.828. The molecule has 0 saturated heterocycles. The van der Waals surface area contributed by atoms with Crippen molar-refractivity contribution < 1.29 is 4.74 Å². The third-order valence-corrected chi connectivity index (χ3v) is 4.32. The third-order valence-electron chi connectivity index (χ3n) is 4.32. The number of hydrogen-bond acceptors (Lipinski definition) is 3. The van der Waals surface area contributed by atoms with Gasteiger partial charge in [0.05, 0.1) is 6.61 Å². The lowest BCUT2D eigenvalue weighted by atomic mass is 9.95. The predicted octanol–water partition coefficient (Wildman–Crippen LogP) is 1.34. The first-order valence-electron chi connectivity index (χ1n) is 6.70. The number of nitrogens with zero attached hydrogens (tertiary/aromatic N) is 1. The number of methoxy groups -OCH3 is 1. The van der Waals surface area contributed by atoms with Crippen LogP contribution in [-0.4, -0.2) is 51.3 Å². The molecule has 3 heteroatoms. The highest BCUT2D eigenvalue weighted by Crippen LogP contribution is 2.44.